The maximum absolute atomic E-state index is 12.8. The van der Waals surface area contributed by atoms with Crippen LogP contribution in [0.15, 0.2) is 42.9 Å². The highest BCUT2D eigenvalue weighted by atomic mass is 16.5. The van der Waals surface area contributed by atoms with Crippen molar-refractivity contribution >= 4 is 28.4 Å². The molecule has 3 aromatic rings. The predicted molar refractivity (Wildman–Crippen MR) is 95.9 cm³/mol. The Hall–Kier alpha value is -3.09. The first-order valence-corrected chi connectivity index (χ1v) is 8.26. The van der Waals surface area contributed by atoms with E-state index in [0.29, 0.717) is 0 Å². The van der Waals surface area contributed by atoms with Gasteiger partial charge in [0.1, 0.15) is 29.6 Å². The lowest BCUT2D eigenvalue weighted by atomic mass is 10.2. The van der Waals surface area contributed by atoms with Gasteiger partial charge in [-0.1, -0.05) is 0 Å². The zero-order chi connectivity index (χ0) is 17.2. The minimum Gasteiger partial charge on any atom is -0.497 e. The maximum Gasteiger partial charge on any atom is 0.247 e. The fourth-order valence-corrected chi connectivity index (χ4v) is 3.28. The number of amides is 1. The molecule has 1 fully saturated rings. The first kappa shape index (κ1) is 15.4. The van der Waals surface area contributed by atoms with Crippen molar-refractivity contribution in [3.05, 3.63) is 42.9 Å². The van der Waals surface area contributed by atoms with E-state index in [9.17, 15) is 4.79 Å². The molecule has 0 unspecified atom stereocenters. The second kappa shape index (κ2) is 6.43. The van der Waals surface area contributed by atoms with Crippen molar-refractivity contribution in [2.45, 2.75) is 18.9 Å². The molecule has 128 valence electrons. The summed E-state index contributed by atoms with van der Waals surface area (Å²) in [5, 5.41) is 3.93. The molecule has 1 amide bonds. The molecule has 7 heteroatoms. The van der Waals surface area contributed by atoms with Crippen molar-refractivity contribution in [3.63, 3.8) is 0 Å². The Bertz CT molecular complexity index is 890. The SMILES string of the molecule is COc1ccc(NC(=O)[C@@H]2CCCN2c2ncnc3[nH]ccc23)cc1. The van der Waals surface area contributed by atoms with E-state index in [1.54, 1.807) is 7.11 Å². The molecule has 1 saturated heterocycles. The molecule has 2 aromatic heterocycles. The lowest BCUT2D eigenvalue weighted by Crippen LogP contribution is -2.40. The van der Waals surface area contributed by atoms with E-state index in [-0.39, 0.29) is 11.9 Å². The van der Waals surface area contributed by atoms with Crippen LogP contribution < -0.4 is 15.0 Å². The standard InChI is InChI=1S/C18H19N5O2/c1-25-13-6-4-12(5-7-13)22-18(24)15-3-2-10-23(15)17-14-8-9-19-16(14)20-11-21-17/h4-9,11,15H,2-3,10H2,1H3,(H,22,24)(H,19,20,21)/t15-/m0/s1. The number of nitrogens with one attached hydrogen (secondary N) is 2. The Labute approximate surface area is 145 Å². The predicted octanol–water partition coefficient (Wildman–Crippen LogP) is 2.57. The van der Waals surface area contributed by atoms with Gasteiger partial charge < -0.3 is 19.9 Å². The molecule has 2 N–H and O–H groups in total. The highest BCUT2D eigenvalue weighted by Gasteiger charge is 2.32. The monoisotopic (exact) mass is 337 g/mol. The van der Waals surface area contributed by atoms with Crippen molar-refractivity contribution < 1.29 is 9.53 Å². The lowest BCUT2D eigenvalue weighted by molar-refractivity contribution is -0.117. The average Bonchev–Trinajstić information content (AvgIpc) is 3.31. The topological polar surface area (TPSA) is 83.1 Å². The summed E-state index contributed by atoms with van der Waals surface area (Å²) in [6.45, 7) is 0.804. The van der Waals surface area contributed by atoms with Gasteiger partial charge in [0, 0.05) is 18.4 Å². The minimum atomic E-state index is -0.241. The van der Waals surface area contributed by atoms with Crippen molar-refractivity contribution in [1.82, 2.24) is 15.0 Å². The van der Waals surface area contributed by atoms with Gasteiger partial charge in [0.25, 0.3) is 0 Å². The number of rotatable bonds is 4. The van der Waals surface area contributed by atoms with Crippen LogP contribution in [0.5, 0.6) is 5.75 Å². The van der Waals surface area contributed by atoms with Crippen LogP contribution >= 0.6 is 0 Å². The van der Waals surface area contributed by atoms with Crippen LogP contribution in [0, 0.1) is 0 Å². The smallest absolute Gasteiger partial charge is 0.247 e. The first-order valence-electron chi connectivity index (χ1n) is 8.26. The zero-order valence-corrected chi connectivity index (χ0v) is 13.9. The number of aromatic amines is 1. The van der Waals surface area contributed by atoms with E-state index in [1.165, 1.54) is 6.33 Å². The summed E-state index contributed by atoms with van der Waals surface area (Å²) in [5.74, 6) is 1.54. The summed E-state index contributed by atoms with van der Waals surface area (Å²) in [6.07, 6.45) is 5.13. The van der Waals surface area contributed by atoms with E-state index in [2.05, 4.69) is 25.2 Å². The molecule has 3 heterocycles. The summed E-state index contributed by atoms with van der Waals surface area (Å²) < 4.78 is 5.14. The summed E-state index contributed by atoms with van der Waals surface area (Å²) in [7, 11) is 1.62. The number of ether oxygens (including phenoxy) is 1. The third-order valence-corrected chi connectivity index (χ3v) is 4.52. The van der Waals surface area contributed by atoms with Gasteiger partial charge in [0.05, 0.1) is 12.5 Å². The molecule has 4 rings (SSSR count). The van der Waals surface area contributed by atoms with Crippen LogP contribution in [-0.4, -0.2) is 40.6 Å². The fourth-order valence-electron chi connectivity index (χ4n) is 3.28. The second-order valence-electron chi connectivity index (χ2n) is 6.01. The van der Waals surface area contributed by atoms with Gasteiger partial charge in [-0.05, 0) is 43.2 Å². The Morgan fingerprint density at radius 1 is 1.28 bits per heavy atom. The van der Waals surface area contributed by atoms with Gasteiger partial charge in [-0.25, -0.2) is 9.97 Å². The Morgan fingerprint density at radius 2 is 2.12 bits per heavy atom. The molecular formula is C18H19N5O2. The Morgan fingerprint density at radius 3 is 2.92 bits per heavy atom. The number of H-pyrrole nitrogens is 1. The molecule has 7 nitrogen and oxygen atoms in total. The molecule has 0 radical (unpaired) electrons. The molecule has 1 aliphatic rings. The van der Waals surface area contributed by atoms with Gasteiger partial charge >= 0.3 is 0 Å². The number of aromatic nitrogens is 3. The van der Waals surface area contributed by atoms with Crippen LogP contribution in [0.2, 0.25) is 0 Å². The van der Waals surface area contributed by atoms with Crippen LogP contribution in [0.1, 0.15) is 12.8 Å². The van der Waals surface area contributed by atoms with Gasteiger partial charge in [-0.15, -0.1) is 0 Å². The number of methoxy groups -OCH3 is 1. The lowest BCUT2D eigenvalue weighted by Gasteiger charge is -2.25. The normalized spacial score (nSPS) is 17.0. The summed E-state index contributed by atoms with van der Waals surface area (Å²) in [6, 6.07) is 9.04. The molecular weight excluding hydrogens is 318 g/mol. The third kappa shape index (κ3) is 2.88. The number of hydrogen-bond acceptors (Lipinski definition) is 5. The summed E-state index contributed by atoms with van der Waals surface area (Å²) in [5.41, 5.74) is 1.54. The van der Waals surface area contributed by atoms with Crippen LogP contribution in [0.4, 0.5) is 11.5 Å². The molecule has 0 saturated carbocycles. The van der Waals surface area contributed by atoms with Crippen LogP contribution in [-0.2, 0) is 4.79 Å². The number of hydrogen-bond donors (Lipinski definition) is 2. The third-order valence-electron chi connectivity index (χ3n) is 4.52. The van der Waals surface area contributed by atoms with Crippen molar-refractivity contribution in [3.8, 4) is 5.75 Å². The number of nitrogens with zero attached hydrogens (tertiary/aromatic N) is 3. The minimum absolute atomic E-state index is 0.0232. The van der Waals surface area contributed by atoms with Gasteiger partial charge in [0.2, 0.25) is 5.91 Å². The molecule has 25 heavy (non-hydrogen) atoms. The van der Waals surface area contributed by atoms with Gasteiger partial charge in [0.15, 0.2) is 0 Å². The number of carbonyl (C=O) groups excluding carboxylic acids is 1. The molecule has 0 spiro atoms. The highest BCUT2D eigenvalue weighted by molar-refractivity contribution is 5.99. The molecule has 0 aliphatic carbocycles. The fraction of sp³-hybridized carbons (Fsp3) is 0.278. The van der Waals surface area contributed by atoms with E-state index < -0.39 is 0 Å². The van der Waals surface area contributed by atoms with Gasteiger partial charge in [-0.2, -0.15) is 0 Å². The summed E-state index contributed by atoms with van der Waals surface area (Å²) in [4.78, 5) is 26.6. The average molecular weight is 337 g/mol. The number of benzene rings is 1. The van der Waals surface area contributed by atoms with E-state index in [1.807, 2.05) is 36.5 Å². The van der Waals surface area contributed by atoms with Crippen LogP contribution in [0.3, 0.4) is 0 Å². The van der Waals surface area contributed by atoms with Gasteiger partial charge in [-0.3, -0.25) is 4.79 Å². The summed E-state index contributed by atoms with van der Waals surface area (Å²) >= 11 is 0. The Balaban J connectivity index is 1.56. The number of fused-ring (bicyclic) bond motifs is 1. The Kier molecular flexibility index (Phi) is 3.97. The number of anilines is 2. The molecule has 1 aliphatic heterocycles. The molecule has 1 aromatic carbocycles. The molecule has 0 bridgehead atoms. The van der Waals surface area contributed by atoms with Crippen molar-refractivity contribution in [2.24, 2.45) is 0 Å². The zero-order valence-electron chi connectivity index (χ0n) is 13.9. The van der Waals surface area contributed by atoms with E-state index in [4.69, 9.17) is 4.74 Å². The quantitative estimate of drug-likeness (QED) is 0.764. The first-order chi connectivity index (χ1) is 12.3. The second-order valence-corrected chi connectivity index (χ2v) is 6.01. The number of carbonyl (C=O) groups is 1. The largest absolute Gasteiger partial charge is 0.497 e. The van der Waals surface area contributed by atoms with Crippen molar-refractivity contribution in [1.29, 1.82) is 0 Å². The van der Waals surface area contributed by atoms with E-state index >= 15 is 0 Å². The highest BCUT2D eigenvalue weighted by Crippen LogP contribution is 2.29. The van der Waals surface area contributed by atoms with Crippen LogP contribution in [0.25, 0.3) is 11.0 Å². The molecule has 1 atom stereocenters. The maximum atomic E-state index is 12.8. The van der Waals surface area contributed by atoms with Crippen molar-refractivity contribution in [2.75, 3.05) is 23.9 Å². The van der Waals surface area contributed by atoms with E-state index in [0.717, 1.165) is 47.7 Å².